The van der Waals surface area contributed by atoms with Gasteiger partial charge >= 0.3 is 0 Å². The van der Waals surface area contributed by atoms with E-state index in [4.69, 9.17) is 9.72 Å². The molecule has 4 aliphatic heterocycles. The van der Waals surface area contributed by atoms with E-state index in [-0.39, 0.29) is 12.2 Å². The van der Waals surface area contributed by atoms with E-state index < -0.39 is 18.1 Å². The number of alkyl halides is 1. The highest BCUT2D eigenvalue weighted by atomic mass is 19.1. The van der Waals surface area contributed by atoms with Crippen molar-refractivity contribution in [3.8, 4) is 11.9 Å². The van der Waals surface area contributed by atoms with Gasteiger partial charge in [0.15, 0.2) is 6.17 Å². The van der Waals surface area contributed by atoms with Gasteiger partial charge in [0, 0.05) is 62.6 Å². The van der Waals surface area contributed by atoms with Crippen molar-refractivity contribution in [2.75, 3.05) is 69.8 Å². The first-order valence-electron chi connectivity index (χ1n) is 16.9. The molecule has 3 atom stereocenters. The lowest BCUT2D eigenvalue weighted by Crippen LogP contribution is -2.57. The number of hydrogen-bond acceptors (Lipinski definition) is 8. The fourth-order valence-corrected chi connectivity index (χ4v) is 7.82. The summed E-state index contributed by atoms with van der Waals surface area (Å²) in [4.78, 5) is 28.2. The first-order chi connectivity index (χ1) is 22.2. The standard InChI is InChI=1S/C35H47F2N7O2/c1-24(36)35(45)44-18-17-42(21-27(44)10-13-38)32-20-33(46-19-5-7-26-6-4-14-41(26)3)39-31-23-43(16-12-28(31)32)34-29-22-40(2)15-11-25(29)8-9-30(34)37/h8-9,20,24,26-27H,4-7,10-12,14-19,21-23H2,1-3H3/t24?,26-,27-/m0/s1. The van der Waals surface area contributed by atoms with Crippen LogP contribution in [0.4, 0.5) is 20.2 Å². The Morgan fingerprint density at radius 1 is 1.09 bits per heavy atom. The lowest BCUT2D eigenvalue weighted by Gasteiger charge is -2.43. The van der Waals surface area contributed by atoms with Crippen molar-refractivity contribution in [2.24, 2.45) is 0 Å². The Hall–Kier alpha value is -3.49. The van der Waals surface area contributed by atoms with Crippen LogP contribution in [0.3, 0.4) is 0 Å². The quantitative estimate of drug-likeness (QED) is 0.378. The average molecular weight is 636 g/mol. The minimum absolute atomic E-state index is 0.127. The Balaban J connectivity index is 1.28. The third kappa shape index (κ3) is 6.79. The normalized spacial score (nSPS) is 22.7. The van der Waals surface area contributed by atoms with Crippen molar-refractivity contribution >= 4 is 17.3 Å². The third-order valence-corrected chi connectivity index (χ3v) is 10.3. The predicted octanol–water partition coefficient (Wildman–Crippen LogP) is 4.31. The van der Waals surface area contributed by atoms with Gasteiger partial charge in [0.05, 0.1) is 43.1 Å². The molecule has 0 aliphatic carbocycles. The lowest BCUT2D eigenvalue weighted by molar-refractivity contribution is -0.138. The van der Waals surface area contributed by atoms with Gasteiger partial charge in [-0.05, 0) is 83.3 Å². The number of pyridine rings is 1. The molecule has 1 unspecified atom stereocenters. The molecular formula is C35H47F2N7O2. The molecule has 9 nitrogen and oxygen atoms in total. The molecule has 2 aromatic rings. The van der Waals surface area contributed by atoms with Crippen molar-refractivity contribution in [3.63, 3.8) is 0 Å². The molecule has 5 heterocycles. The van der Waals surface area contributed by atoms with E-state index in [0.29, 0.717) is 69.9 Å². The molecule has 0 spiro atoms. The fourth-order valence-electron chi connectivity index (χ4n) is 7.82. The van der Waals surface area contributed by atoms with Gasteiger partial charge in [-0.3, -0.25) is 4.79 Å². The molecule has 2 fully saturated rings. The number of benzene rings is 1. The summed E-state index contributed by atoms with van der Waals surface area (Å²) in [6, 6.07) is 7.90. The van der Waals surface area contributed by atoms with E-state index in [1.165, 1.54) is 30.2 Å². The van der Waals surface area contributed by atoms with Crippen LogP contribution in [-0.4, -0.2) is 104 Å². The highest BCUT2D eigenvalue weighted by Gasteiger charge is 2.35. The number of carbonyl (C=O) groups excluding carboxylic acids is 1. The SMILES string of the molecule is CC(F)C(=O)N1CCN(c2cc(OCCC[C@@H]3CCCN3C)nc3c2CCN(c2c(F)ccc4c2CN(C)CC4)C3)C[C@@H]1CC#N. The first-order valence-corrected chi connectivity index (χ1v) is 16.9. The number of fused-ring (bicyclic) bond motifs is 2. The predicted molar refractivity (Wildman–Crippen MR) is 174 cm³/mol. The van der Waals surface area contributed by atoms with Crippen LogP contribution in [-0.2, 0) is 30.7 Å². The molecule has 6 rings (SSSR count). The number of amides is 1. The largest absolute Gasteiger partial charge is 0.478 e. The summed E-state index contributed by atoms with van der Waals surface area (Å²) in [5.41, 5.74) is 5.87. The summed E-state index contributed by atoms with van der Waals surface area (Å²) in [7, 11) is 4.26. The second-order valence-electron chi connectivity index (χ2n) is 13.5. The number of ether oxygens (including phenoxy) is 1. The van der Waals surface area contributed by atoms with Gasteiger partial charge in [0.2, 0.25) is 5.88 Å². The lowest BCUT2D eigenvalue weighted by atomic mass is 9.95. The van der Waals surface area contributed by atoms with Gasteiger partial charge in [-0.15, -0.1) is 0 Å². The van der Waals surface area contributed by atoms with Gasteiger partial charge < -0.3 is 29.2 Å². The summed E-state index contributed by atoms with van der Waals surface area (Å²) < 4.78 is 35.9. The number of aromatic nitrogens is 1. The number of hydrogen-bond donors (Lipinski definition) is 0. The van der Waals surface area contributed by atoms with E-state index in [1.807, 2.05) is 12.1 Å². The summed E-state index contributed by atoms with van der Waals surface area (Å²) >= 11 is 0. The maximum atomic E-state index is 15.5. The number of carbonyl (C=O) groups is 1. The Morgan fingerprint density at radius 2 is 1.93 bits per heavy atom. The zero-order valence-corrected chi connectivity index (χ0v) is 27.5. The molecule has 4 aliphatic rings. The monoisotopic (exact) mass is 635 g/mol. The number of nitriles is 1. The number of likely N-dealkylation sites (N-methyl/N-ethyl adjacent to an activating group) is 1. The smallest absolute Gasteiger partial charge is 0.257 e. The Labute approximate surface area is 271 Å². The number of likely N-dealkylation sites (tertiary alicyclic amines) is 1. The zero-order chi connectivity index (χ0) is 32.4. The Morgan fingerprint density at radius 3 is 2.70 bits per heavy atom. The van der Waals surface area contributed by atoms with E-state index >= 15 is 4.39 Å². The molecular weight excluding hydrogens is 588 g/mol. The summed E-state index contributed by atoms with van der Waals surface area (Å²) in [5, 5.41) is 9.55. The van der Waals surface area contributed by atoms with Gasteiger partial charge in [0.25, 0.3) is 5.91 Å². The topological polar surface area (TPSA) is 79.2 Å². The van der Waals surface area contributed by atoms with Crippen LogP contribution in [0.25, 0.3) is 0 Å². The van der Waals surface area contributed by atoms with Crippen LogP contribution in [0.5, 0.6) is 5.88 Å². The Bertz CT molecular complexity index is 1460. The summed E-state index contributed by atoms with van der Waals surface area (Å²) in [5.74, 6) is -0.231. The maximum absolute atomic E-state index is 15.5. The molecule has 0 saturated carbocycles. The molecule has 0 N–H and O–H groups in total. The molecule has 0 radical (unpaired) electrons. The maximum Gasteiger partial charge on any atom is 0.257 e. The van der Waals surface area contributed by atoms with Gasteiger partial charge in [-0.25, -0.2) is 13.8 Å². The molecule has 1 aromatic carbocycles. The van der Waals surface area contributed by atoms with E-state index in [2.05, 4.69) is 39.8 Å². The molecule has 11 heteroatoms. The average Bonchev–Trinajstić information content (AvgIpc) is 3.46. The molecule has 2 saturated heterocycles. The summed E-state index contributed by atoms with van der Waals surface area (Å²) in [6.45, 7) is 7.01. The Kier molecular flexibility index (Phi) is 9.95. The van der Waals surface area contributed by atoms with Crippen LogP contribution >= 0.6 is 0 Å². The first kappa shape index (κ1) is 32.5. The fraction of sp³-hybridized carbons (Fsp3) is 0.629. The van der Waals surface area contributed by atoms with E-state index in [9.17, 15) is 14.4 Å². The van der Waals surface area contributed by atoms with Gasteiger partial charge in [-0.2, -0.15) is 5.26 Å². The molecule has 1 amide bonds. The third-order valence-electron chi connectivity index (χ3n) is 10.3. The van der Waals surface area contributed by atoms with Crippen molar-refractivity contribution in [1.29, 1.82) is 5.26 Å². The number of piperazine rings is 1. The van der Waals surface area contributed by atoms with Crippen molar-refractivity contribution in [2.45, 2.75) is 83.2 Å². The highest BCUT2D eigenvalue weighted by Crippen LogP contribution is 2.38. The van der Waals surface area contributed by atoms with Crippen molar-refractivity contribution in [1.82, 2.24) is 19.7 Å². The second-order valence-corrected chi connectivity index (χ2v) is 13.5. The van der Waals surface area contributed by atoms with Gasteiger partial charge in [-0.1, -0.05) is 6.07 Å². The minimum atomic E-state index is -1.61. The molecule has 1 aromatic heterocycles. The molecule has 46 heavy (non-hydrogen) atoms. The molecule has 248 valence electrons. The van der Waals surface area contributed by atoms with Crippen LogP contribution in [0.2, 0.25) is 0 Å². The van der Waals surface area contributed by atoms with E-state index in [0.717, 1.165) is 54.9 Å². The van der Waals surface area contributed by atoms with Crippen LogP contribution < -0.4 is 14.5 Å². The highest BCUT2D eigenvalue weighted by molar-refractivity contribution is 5.81. The van der Waals surface area contributed by atoms with Crippen LogP contribution in [0, 0.1) is 17.1 Å². The van der Waals surface area contributed by atoms with Crippen LogP contribution in [0.1, 0.15) is 61.4 Å². The molecule has 0 bridgehead atoms. The summed E-state index contributed by atoms with van der Waals surface area (Å²) in [6.07, 6.45) is 4.56. The van der Waals surface area contributed by atoms with Crippen LogP contribution in [0.15, 0.2) is 18.2 Å². The number of nitrogens with zero attached hydrogens (tertiary/aromatic N) is 7. The number of halogens is 2. The van der Waals surface area contributed by atoms with Crippen molar-refractivity contribution in [3.05, 3.63) is 46.4 Å². The minimum Gasteiger partial charge on any atom is -0.478 e. The van der Waals surface area contributed by atoms with Crippen molar-refractivity contribution < 1.29 is 18.3 Å². The number of anilines is 2. The number of rotatable bonds is 9. The zero-order valence-electron chi connectivity index (χ0n) is 27.5. The second kappa shape index (κ2) is 14.1. The van der Waals surface area contributed by atoms with E-state index in [1.54, 1.807) is 6.07 Å². The van der Waals surface area contributed by atoms with Gasteiger partial charge in [0.1, 0.15) is 5.82 Å².